The van der Waals surface area contributed by atoms with E-state index in [0.29, 0.717) is 21.1 Å². The molecule has 7 heteroatoms. The third kappa shape index (κ3) is 2.22. The van der Waals surface area contributed by atoms with Crippen LogP contribution >= 0.6 is 22.9 Å². The Morgan fingerprint density at radius 3 is 2.40 bits per heavy atom. The summed E-state index contributed by atoms with van der Waals surface area (Å²) in [6.45, 7) is 0. The molecular weight excluding hydrogens is 356 g/mol. The quantitative estimate of drug-likeness (QED) is 0.419. The van der Waals surface area contributed by atoms with E-state index >= 15 is 0 Å². The van der Waals surface area contributed by atoms with Crippen molar-refractivity contribution in [2.45, 2.75) is 0 Å². The molecule has 0 N–H and O–H groups in total. The molecule has 0 bridgehead atoms. The summed E-state index contributed by atoms with van der Waals surface area (Å²) in [5.74, 6) is 0. The van der Waals surface area contributed by atoms with Gasteiger partial charge in [-0.3, -0.25) is 4.79 Å². The standard InChI is InChI=1S/C18H9ClN4OS/c19-11-7-5-10(6-8-11)14-9-25-18-22-16-15(17(24)23(14)18)20-12-3-1-2-4-13(12)21-16/h1-9H. The summed E-state index contributed by atoms with van der Waals surface area (Å²) in [4.78, 5) is 27.1. The molecule has 0 saturated heterocycles. The van der Waals surface area contributed by atoms with Crippen molar-refractivity contribution < 1.29 is 0 Å². The van der Waals surface area contributed by atoms with Crippen molar-refractivity contribution in [3.05, 3.63) is 69.3 Å². The zero-order valence-electron chi connectivity index (χ0n) is 12.7. The highest BCUT2D eigenvalue weighted by Crippen LogP contribution is 2.26. The first-order valence-electron chi connectivity index (χ1n) is 7.53. The van der Waals surface area contributed by atoms with Gasteiger partial charge >= 0.3 is 0 Å². The molecule has 0 fully saturated rings. The summed E-state index contributed by atoms with van der Waals surface area (Å²) in [5.41, 5.74) is 3.49. The SMILES string of the molecule is O=c1c2nc3ccccc3nc2nc2scc(-c3ccc(Cl)cc3)n12. The molecule has 5 aromatic rings. The van der Waals surface area contributed by atoms with Gasteiger partial charge in [-0.05, 0) is 29.8 Å². The zero-order chi connectivity index (χ0) is 17.0. The van der Waals surface area contributed by atoms with Crippen molar-refractivity contribution in [1.82, 2.24) is 19.4 Å². The summed E-state index contributed by atoms with van der Waals surface area (Å²) in [5, 5.41) is 2.56. The van der Waals surface area contributed by atoms with Crippen LogP contribution in [0.1, 0.15) is 0 Å². The Hall–Kier alpha value is -2.83. The molecule has 3 heterocycles. The maximum Gasteiger partial charge on any atom is 0.287 e. The van der Waals surface area contributed by atoms with Crippen LogP contribution in [0.15, 0.2) is 58.7 Å². The number of thiazole rings is 1. The van der Waals surface area contributed by atoms with Crippen molar-refractivity contribution in [3.63, 3.8) is 0 Å². The summed E-state index contributed by atoms with van der Waals surface area (Å²) < 4.78 is 1.58. The first-order chi connectivity index (χ1) is 12.2. The predicted octanol–water partition coefficient (Wildman–Crippen LogP) is 4.17. The van der Waals surface area contributed by atoms with Crippen molar-refractivity contribution in [2.24, 2.45) is 0 Å². The summed E-state index contributed by atoms with van der Waals surface area (Å²) >= 11 is 7.36. The largest absolute Gasteiger partial charge is 0.287 e. The van der Waals surface area contributed by atoms with Crippen LogP contribution in [0, 0.1) is 0 Å². The van der Waals surface area contributed by atoms with Gasteiger partial charge in [0.15, 0.2) is 16.1 Å². The molecule has 0 radical (unpaired) electrons. The van der Waals surface area contributed by atoms with E-state index in [2.05, 4.69) is 15.0 Å². The van der Waals surface area contributed by atoms with Gasteiger partial charge in [0.1, 0.15) is 0 Å². The van der Waals surface area contributed by atoms with Crippen molar-refractivity contribution in [1.29, 1.82) is 0 Å². The molecule has 0 spiro atoms. The summed E-state index contributed by atoms with van der Waals surface area (Å²) in [6.07, 6.45) is 0. The van der Waals surface area contributed by atoms with Crippen LogP contribution < -0.4 is 5.56 Å². The van der Waals surface area contributed by atoms with Crippen LogP contribution in [0.5, 0.6) is 0 Å². The zero-order valence-corrected chi connectivity index (χ0v) is 14.3. The lowest BCUT2D eigenvalue weighted by Gasteiger charge is -2.04. The Labute approximate surface area is 150 Å². The second-order valence-electron chi connectivity index (χ2n) is 5.55. The van der Waals surface area contributed by atoms with Crippen LogP contribution in [-0.2, 0) is 0 Å². The van der Waals surface area contributed by atoms with E-state index in [-0.39, 0.29) is 11.1 Å². The van der Waals surface area contributed by atoms with Crippen molar-refractivity contribution in [3.8, 4) is 11.3 Å². The van der Waals surface area contributed by atoms with E-state index < -0.39 is 0 Å². The topological polar surface area (TPSA) is 60.2 Å². The average Bonchev–Trinajstić information content (AvgIpc) is 3.05. The molecular formula is C18H9ClN4OS. The highest BCUT2D eigenvalue weighted by atomic mass is 35.5. The second-order valence-corrected chi connectivity index (χ2v) is 6.82. The number of aromatic nitrogens is 4. The molecule has 0 unspecified atom stereocenters. The highest BCUT2D eigenvalue weighted by molar-refractivity contribution is 7.15. The molecule has 5 nitrogen and oxygen atoms in total. The number of rotatable bonds is 1. The second kappa shape index (κ2) is 5.34. The fourth-order valence-corrected chi connectivity index (χ4v) is 3.83. The van der Waals surface area contributed by atoms with Gasteiger partial charge in [0.05, 0.1) is 16.7 Å². The number of hydrogen-bond acceptors (Lipinski definition) is 5. The Bertz CT molecular complexity index is 1320. The molecule has 0 aliphatic rings. The normalized spacial score (nSPS) is 11.6. The lowest BCUT2D eigenvalue weighted by atomic mass is 10.2. The predicted molar refractivity (Wildman–Crippen MR) is 100 cm³/mol. The average molecular weight is 365 g/mol. The lowest BCUT2D eigenvalue weighted by molar-refractivity contribution is 1.10. The number of para-hydroxylation sites is 2. The van der Waals surface area contributed by atoms with Gasteiger partial charge in [0.25, 0.3) is 5.56 Å². The first-order valence-corrected chi connectivity index (χ1v) is 8.79. The van der Waals surface area contributed by atoms with E-state index in [0.717, 1.165) is 16.8 Å². The minimum Gasteiger partial charge on any atom is -0.266 e. The molecule has 2 aromatic carbocycles. The Balaban J connectivity index is 1.88. The molecule has 0 aliphatic carbocycles. The summed E-state index contributed by atoms with van der Waals surface area (Å²) in [7, 11) is 0. The monoisotopic (exact) mass is 364 g/mol. The molecule has 0 amide bonds. The van der Waals surface area contributed by atoms with E-state index in [1.165, 1.54) is 11.3 Å². The minimum absolute atomic E-state index is 0.218. The smallest absolute Gasteiger partial charge is 0.266 e. The number of halogens is 1. The van der Waals surface area contributed by atoms with Crippen LogP contribution in [-0.4, -0.2) is 19.4 Å². The fraction of sp³-hybridized carbons (Fsp3) is 0. The Kier molecular flexibility index (Phi) is 3.10. The van der Waals surface area contributed by atoms with Crippen LogP contribution in [0.2, 0.25) is 5.02 Å². The number of benzene rings is 2. The van der Waals surface area contributed by atoms with E-state index in [9.17, 15) is 4.79 Å². The van der Waals surface area contributed by atoms with E-state index in [1.54, 1.807) is 16.5 Å². The summed E-state index contributed by atoms with van der Waals surface area (Å²) in [6, 6.07) is 14.8. The third-order valence-electron chi connectivity index (χ3n) is 4.01. The van der Waals surface area contributed by atoms with E-state index in [4.69, 9.17) is 11.6 Å². The number of nitrogens with zero attached hydrogens (tertiary/aromatic N) is 4. The molecule has 5 rings (SSSR count). The van der Waals surface area contributed by atoms with Crippen molar-refractivity contribution >= 4 is 50.1 Å². The van der Waals surface area contributed by atoms with Crippen LogP contribution in [0.25, 0.3) is 38.4 Å². The van der Waals surface area contributed by atoms with Gasteiger partial charge in [-0.25, -0.2) is 14.4 Å². The van der Waals surface area contributed by atoms with Crippen LogP contribution in [0.4, 0.5) is 0 Å². The fourth-order valence-electron chi connectivity index (χ4n) is 2.82. The number of hydrogen-bond donors (Lipinski definition) is 0. The Morgan fingerprint density at radius 1 is 0.920 bits per heavy atom. The molecule has 0 saturated carbocycles. The van der Waals surface area contributed by atoms with Crippen LogP contribution in [0.3, 0.4) is 0 Å². The molecule has 0 aliphatic heterocycles. The molecule has 3 aromatic heterocycles. The van der Waals surface area contributed by atoms with Gasteiger partial charge in [-0.15, -0.1) is 11.3 Å². The first kappa shape index (κ1) is 14.5. The van der Waals surface area contributed by atoms with Gasteiger partial charge in [-0.1, -0.05) is 35.9 Å². The van der Waals surface area contributed by atoms with Gasteiger partial charge in [-0.2, -0.15) is 4.98 Å². The lowest BCUT2D eigenvalue weighted by Crippen LogP contribution is -2.16. The van der Waals surface area contributed by atoms with Gasteiger partial charge in [0.2, 0.25) is 0 Å². The Morgan fingerprint density at radius 2 is 1.64 bits per heavy atom. The van der Waals surface area contributed by atoms with Crippen molar-refractivity contribution in [2.75, 3.05) is 0 Å². The van der Waals surface area contributed by atoms with Gasteiger partial charge in [0, 0.05) is 10.4 Å². The minimum atomic E-state index is -0.218. The number of fused-ring (bicyclic) bond motifs is 3. The molecule has 0 atom stereocenters. The molecule has 120 valence electrons. The highest BCUT2D eigenvalue weighted by Gasteiger charge is 2.15. The van der Waals surface area contributed by atoms with E-state index in [1.807, 2.05) is 41.8 Å². The molecule has 25 heavy (non-hydrogen) atoms. The van der Waals surface area contributed by atoms with Gasteiger partial charge < -0.3 is 0 Å². The maximum absolute atomic E-state index is 13.1. The third-order valence-corrected chi connectivity index (χ3v) is 5.09. The maximum atomic E-state index is 13.1.